The molecule has 0 aliphatic rings. The molecule has 0 saturated carbocycles. The van der Waals surface area contributed by atoms with E-state index in [1.807, 2.05) is 24.5 Å². The highest BCUT2D eigenvalue weighted by Crippen LogP contribution is 2.33. The van der Waals surface area contributed by atoms with Crippen LogP contribution >= 0.6 is 0 Å². The summed E-state index contributed by atoms with van der Waals surface area (Å²) in [5.74, 6) is 0. The first-order chi connectivity index (χ1) is 13.6. The summed E-state index contributed by atoms with van der Waals surface area (Å²) in [6, 6.07) is 19.3. The molecule has 1 heterocycles. The average Bonchev–Trinajstić information content (AvgIpc) is 3.15. The Morgan fingerprint density at radius 1 is 1.04 bits per heavy atom. The Kier molecular flexibility index (Phi) is 6.98. The van der Waals surface area contributed by atoms with Gasteiger partial charge in [0, 0.05) is 23.7 Å². The molecule has 2 aromatic carbocycles. The molecule has 5 nitrogen and oxygen atoms in total. The molecule has 1 N–H and O–H groups in total. The van der Waals surface area contributed by atoms with Gasteiger partial charge in [0.05, 0.1) is 37.5 Å². The lowest BCUT2D eigenvalue weighted by Gasteiger charge is -2.21. The zero-order valence-electron chi connectivity index (χ0n) is 16.9. The monoisotopic (exact) mass is 379 g/mol. The lowest BCUT2D eigenvalue weighted by atomic mass is 10.00. The van der Waals surface area contributed by atoms with Crippen molar-refractivity contribution in [3.63, 3.8) is 0 Å². The van der Waals surface area contributed by atoms with Gasteiger partial charge in [0.2, 0.25) is 0 Å². The molecule has 0 radical (unpaired) electrons. The second-order valence-corrected chi connectivity index (χ2v) is 7.10. The van der Waals surface area contributed by atoms with Gasteiger partial charge >= 0.3 is 0 Å². The zero-order valence-corrected chi connectivity index (χ0v) is 16.9. The SMILES string of the molecule is CC(c1cccc(-c2c(-c3ccccc3)ncn2CCOCCO)c1)N(C)C. The summed E-state index contributed by atoms with van der Waals surface area (Å²) in [5.41, 5.74) is 5.57. The van der Waals surface area contributed by atoms with Crippen LogP contribution in [0.3, 0.4) is 0 Å². The number of aliphatic hydroxyl groups excluding tert-OH is 1. The first kappa shape index (κ1) is 20.3. The number of ether oxygens (including phenoxy) is 1. The van der Waals surface area contributed by atoms with Crippen LogP contribution in [0.1, 0.15) is 18.5 Å². The quantitative estimate of drug-likeness (QED) is 0.574. The minimum atomic E-state index is 0.0382. The molecule has 0 aliphatic heterocycles. The number of nitrogens with zero attached hydrogens (tertiary/aromatic N) is 3. The topological polar surface area (TPSA) is 50.5 Å². The maximum atomic E-state index is 8.93. The van der Waals surface area contributed by atoms with Crippen LogP contribution in [0.4, 0.5) is 0 Å². The van der Waals surface area contributed by atoms with E-state index < -0.39 is 0 Å². The lowest BCUT2D eigenvalue weighted by molar-refractivity contribution is 0.0872. The second-order valence-electron chi connectivity index (χ2n) is 7.10. The molecule has 0 bridgehead atoms. The third kappa shape index (κ3) is 4.68. The van der Waals surface area contributed by atoms with Crippen molar-refractivity contribution in [2.45, 2.75) is 19.5 Å². The van der Waals surface area contributed by atoms with Gasteiger partial charge in [-0.15, -0.1) is 0 Å². The maximum Gasteiger partial charge on any atom is 0.0963 e. The van der Waals surface area contributed by atoms with Gasteiger partial charge in [0.1, 0.15) is 0 Å². The van der Waals surface area contributed by atoms with Gasteiger partial charge in [0.25, 0.3) is 0 Å². The van der Waals surface area contributed by atoms with Crippen molar-refractivity contribution >= 4 is 0 Å². The Morgan fingerprint density at radius 2 is 1.79 bits per heavy atom. The first-order valence-corrected chi connectivity index (χ1v) is 9.67. The molecular formula is C23H29N3O2. The fourth-order valence-electron chi connectivity index (χ4n) is 3.24. The van der Waals surface area contributed by atoms with Crippen LogP contribution in [0.15, 0.2) is 60.9 Å². The van der Waals surface area contributed by atoms with E-state index in [9.17, 15) is 0 Å². The molecule has 1 unspecified atom stereocenters. The van der Waals surface area contributed by atoms with Crippen molar-refractivity contribution in [3.05, 3.63) is 66.5 Å². The van der Waals surface area contributed by atoms with Crippen molar-refractivity contribution in [3.8, 4) is 22.5 Å². The van der Waals surface area contributed by atoms with Crippen LogP contribution in [0.5, 0.6) is 0 Å². The Bertz CT molecular complexity index is 875. The summed E-state index contributed by atoms with van der Waals surface area (Å²) in [5, 5.41) is 8.93. The third-order valence-electron chi connectivity index (χ3n) is 5.01. The fourth-order valence-corrected chi connectivity index (χ4v) is 3.24. The molecular weight excluding hydrogens is 350 g/mol. The lowest BCUT2D eigenvalue weighted by Crippen LogP contribution is -2.16. The summed E-state index contributed by atoms with van der Waals surface area (Å²) in [4.78, 5) is 6.92. The fraction of sp³-hybridized carbons (Fsp3) is 0.348. The molecule has 0 amide bonds. The van der Waals surface area contributed by atoms with E-state index in [0.717, 1.165) is 22.5 Å². The summed E-state index contributed by atoms with van der Waals surface area (Å²) in [6.07, 6.45) is 1.88. The summed E-state index contributed by atoms with van der Waals surface area (Å²) in [6.45, 7) is 3.81. The average molecular weight is 380 g/mol. The molecule has 3 aromatic rings. The van der Waals surface area contributed by atoms with Gasteiger partial charge in [-0.2, -0.15) is 0 Å². The predicted molar refractivity (Wildman–Crippen MR) is 113 cm³/mol. The standard InChI is InChI=1S/C23H29N3O2/c1-18(25(2)3)20-10-7-11-21(16-20)23-22(19-8-5-4-6-9-19)24-17-26(23)12-14-28-15-13-27/h4-11,16-18,27H,12-15H2,1-3H3. The molecule has 0 spiro atoms. The summed E-state index contributed by atoms with van der Waals surface area (Å²) >= 11 is 0. The molecule has 0 saturated heterocycles. The zero-order chi connectivity index (χ0) is 19.9. The Morgan fingerprint density at radius 3 is 2.50 bits per heavy atom. The second kappa shape index (κ2) is 9.64. The van der Waals surface area contributed by atoms with E-state index in [4.69, 9.17) is 14.8 Å². The van der Waals surface area contributed by atoms with Crippen molar-refractivity contribution in [2.24, 2.45) is 0 Å². The van der Waals surface area contributed by atoms with Crippen LogP contribution in [-0.2, 0) is 11.3 Å². The number of aliphatic hydroxyl groups is 1. The third-order valence-corrected chi connectivity index (χ3v) is 5.01. The molecule has 0 fully saturated rings. The van der Waals surface area contributed by atoms with E-state index >= 15 is 0 Å². The van der Waals surface area contributed by atoms with E-state index in [-0.39, 0.29) is 6.61 Å². The van der Waals surface area contributed by atoms with Crippen LogP contribution in [-0.4, -0.2) is 53.5 Å². The number of benzene rings is 2. The molecule has 0 aliphatic carbocycles. The Balaban J connectivity index is 2.02. The number of aromatic nitrogens is 2. The Labute approximate surface area is 167 Å². The van der Waals surface area contributed by atoms with E-state index in [2.05, 4.69) is 66.9 Å². The van der Waals surface area contributed by atoms with Gasteiger partial charge in [-0.05, 0) is 32.6 Å². The molecule has 3 rings (SSSR count). The minimum Gasteiger partial charge on any atom is -0.394 e. The smallest absolute Gasteiger partial charge is 0.0963 e. The van der Waals surface area contributed by atoms with E-state index in [1.165, 1.54) is 5.56 Å². The summed E-state index contributed by atoms with van der Waals surface area (Å²) in [7, 11) is 4.19. The van der Waals surface area contributed by atoms with Gasteiger partial charge in [-0.3, -0.25) is 0 Å². The van der Waals surface area contributed by atoms with Gasteiger partial charge in [-0.1, -0.05) is 48.5 Å². The van der Waals surface area contributed by atoms with Crippen molar-refractivity contribution in [1.29, 1.82) is 0 Å². The highest BCUT2D eigenvalue weighted by Gasteiger charge is 2.16. The molecule has 1 aromatic heterocycles. The Hall–Kier alpha value is -2.47. The predicted octanol–water partition coefficient (Wildman–Crippen LogP) is 3.85. The van der Waals surface area contributed by atoms with Gasteiger partial charge in [0.15, 0.2) is 0 Å². The highest BCUT2D eigenvalue weighted by molar-refractivity contribution is 5.78. The van der Waals surface area contributed by atoms with Crippen molar-refractivity contribution in [1.82, 2.24) is 14.5 Å². The van der Waals surface area contributed by atoms with Gasteiger partial charge in [-0.25, -0.2) is 4.98 Å². The molecule has 28 heavy (non-hydrogen) atoms. The minimum absolute atomic E-state index is 0.0382. The van der Waals surface area contributed by atoms with Crippen LogP contribution in [0, 0.1) is 0 Å². The maximum absolute atomic E-state index is 8.93. The largest absolute Gasteiger partial charge is 0.394 e. The number of hydrogen-bond acceptors (Lipinski definition) is 4. The van der Waals surface area contributed by atoms with Crippen LogP contribution in [0.2, 0.25) is 0 Å². The van der Waals surface area contributed by atoms with Crippen LogP contribution < -0.4 is 0 Å². The summed E-state index contributed by atoms with van der Waals surface area (Å²) < 4.78 is 7.62. The van der Waals surface area contributed by atoms with E-state index in [1.54, 1.807) is 0 Å². The van der Waals surface area contributed by atoms with Crippen molar-refractivity contribution < 1.29 is 9.84 Å². The number of hydrogen-bond donors (Lipinski definition) is 1. The molecule has 5 heteroatoms. The first-order valence-electron chi connectivity index (χ1n) is 9.67. The normalized spacial score (nSPS) is 12.5. The van der Waals surface area contributed by atoms with Gasteiger partial charge < -0.3 is 19.3 Å². The number of imidazole rings is 1. The molecule has 1 atom stereocenters. The van der Waals surface area contributed by atoms with E-state index in [0.29, 0.717) is 25.8 Å². The van der Waals surface area contributed by atoms with Crippen LogP contribution in [0.25, 0.3) is 22.5 Å². The van der Waals surface area contributed by atoms with Crippen molar-refractivity contribution in [2.75, 3.05) is 33.9 Å². The number of rotatable bonds is 9. The highest BCUT2D eigenvalue weighted by atomic mass is 16.5. The molecule has 148 valence electrons.